The highest BCUT2D eigenvalue weighted by atomic mass is 19.1. The van der Waals surface area contributed by atoms with Gasteiger partial charge >= 0.3 is 5.97 Å². The van der Waals surface area contributed by atoms with E-state index >= 15 is 0 Å². The van der Waals surface area contributed by atoms with Crippen LogP contribution in [0, 0.1) is 11.6 Å². The van der Waals surface area contributed by atoms with Crippen molar-refractivity contribution in [2.24, 2.45) is 0 Å². The van der Waals surface area contributed by atoms with Gasteiger partial charge < -0.3 is 9.47 Å². The van der Waals surface area contributed by atoms with Crippen LogP contribution in [0.3, 0.4) is 0 Å². The molecule has 5 nitrogen and oxygen atoms in total. The van der Waals surface area contributed by atoms with Crippen molar-refractivity contribution in [3.05, 3.63) is 47.7 Å². The second kappa shape index (κ2) is 5.38. The largest absolute Gasteiger partial charge is 0.465 e. The molecule has 0 spiro atoms. The average Bonchev–Trinajstić information content (AvgIpc) is 2.41. The molecule has 0 aliphatic heterocycles. The molecular weight excluding hydrogens is 258 g/mol. The molecule has 0 saturated heterocycles. The van der Waals surface area contributed by atoms with Gasteiger partial charge in [-0.1, -0.05) is 0 Å². The maximum Gasteiger partial charge on any atom is 0.343 e. The first-order valence-electron chi connectivity index (χ1n) is 5.14. The Hall–Kier alpha value is -2.57. The first-order valence-corrected chi connectivity index (χ1v) is 5.14. The molecule has 0 bridgehead atoms. The fourth-order valence-corrected chi connectivity index (χ4v) is 1.32. The van der Waals surface area contributed by atoms with Crippen LogP contribution in [-0.4, -0.2) is 23.3 Å². The molecule has 0 amide bonds. The lowest BCUT2D eigenvalue weighted by Crippen LogP contribution is -2.06. The molecule has 0 N–H and O–H groups in total. The Morgan fingerprint density at radius 1 is 1.26 bits per heavy atom. The van der Waals surface area contributed by atoms with Gasteiger partial charge in [0.15, 0.2) is 11.6 Å². The summed E-state index contributed by atoms with van der Waals surface area (Å²) in [7, 11) is 1.19. The number of esters is 1. The topological polar surface area (TPSA) is 61.3 Å². The van der Waals surface area contributed by atoms with Gasteiger partial charge in [-0.25, -0.2) is 13.6 Å². The first kappa shape index (κ1) is 12.9. The van der Waals surface area contributed by atoms with E-state index in [0.29, 0.717) is 6.07 Å². The van der Waals surface area contributed by atoms with Crippen LogP contribution in [0.5, 0.6) is 11.6 Å². The van der Waals surface area contributed by atoms with Crippen molar-refractivity contribution in [1.29, 1.82) is 0 Å². The van der Waals surface area contributed by atoms with E-state index in [4.69, 9.17) is 4.74 Å². The molecule has 0 saturated carbocycles. The van der Waals surface area contributed by atoms with Crippen LogP contribution in [0.1, 0.15) is 10.4 Å². The molecule has 19 heavy (non-hydrogen) atoms. The minimum absolute atomic E-state index is 0.0128. The van der Waals surface area contributed by atoms with E-state index in [-0.39, 0.29) is 17.2 Å². The molecule has 2 rings (SSSR count). The Bertz CT molecular complexity index is 620. The molecule has 1 aromatic carbocycles. The number of carbonyl (C=O) groups excluding carboxylic acids is 1. The van der Waals surface area contributed by atoms with Crippen molar-refractivity contribution >= 4 is 5.97 Å². The number of rotatable bonds is 3. The molecule has 1 heterocycles. The van der Waals surface area contributed by atoms with Gasteiger partial charge in [-0.15, -0.1) is 5.10 Å². The van der Waals surface area contributed by atoms with Crippen molar-refractivity contribution in [1.82, 2.24) is 10.2 Å². The van der Waals surface area contributed by atoms with Gasteiger partial charge in [0.05, 0.1) is 13.3 Å². The third-order valence-electron chi connectivity index (χ3n) is 2.19. The summed E-state index contributed by atoms with van der Waals surface area (Å²) in [6.07, 6.45) is 1.26. The quantitative estimate of drug-likeness (QED) is 0.798. The second-order valence-electron chi connectivity index (χ2n) is 3.42. The monoisotopic (exact) mass is 266 g/mol. The lowest BCUT2D eigenvalue weighted by Gasteiger charge is -2.08. The van der Waals surface area contributed by atoms with E-state index in [0.717, 1.165) is 12.1 Å². The fourth-order valence-electron chi connectivity index (χ4n) is 1.32. The number of hydrogen-bond donors (Lipinski definition) is 0. The van der Waals surface area contributed by atoms with E-state index in [1.807, 2.05) is 0 Å². The van der Waals surface area contributed by atoms with E-state index in [9.17, 15) is 13.6 Å². The summed E-state index contributed by atoms with van der Waals surface area (Å²) in [6.45, 7) is 0. The molecule has 2 aromatic rings. The van der Waals surface area contributed by atoms with Gasteiger partial charge in [0.25, 0.3) is 5.88 Å². The Labute approximate surface area is 106 Å². The molecule has 7 heteroatoms. The fraction of sp³-hybridized carbons (Fsp3) is 0.0833. The third kappa shape index (κ3) is 2.82. The van der Waals surface area contributed by atoms with Crippen molar-refractivity contribution in [2.45, 2.75) is 0 Å². The lowest BCUT2D eigenvalue weighted by atomic mass is 10.3. The minimum Gasteiger partial charge on any atom is -0.465 e. The average molecular weight is 266 g/mol. The van der Waals surface area contributed by atoms with Crippen LogP contribution < -0.4 is 4.74 Å². The van der Waals surface area contributed by atoms with Gasteiger partial charge in [-0.2, -0.15) is 5.10 Å². The van der Waals surface area contributed by atoms with Crippen LogP contribution in [0.25, 0.3) is 0 Å². The summed E-state index contributed by atoms with van der Waals surface area (Å²) in [6, 6.07) is 4.08. The number of hydrogen-bond acceptors (Lipinski definition) is 5. The summed E-state index contributed by atoms with van der Waals surface area (Å²) in [5.74, 6) is -2.85. The highest BCUT2D eigenvalue weighted by Gasteiger charge is 2.17. The summed E-state index contributed by atoms with van der Waals surface area (Å²) in [5, 5.41) is 7.10. The van der Waals surface area contributed by atoms with Gasteiger partial charge in [-0.3, -0.25) is 0 Å². The Morgan fingerprint density at radius 3 is 2.74 bits per heavy atom. The second-order valence-corrected chi connectivity index (χ2v) is 3.42. The van der Waals surface area contributed by atoms with Crippen molar-refractivity contribution < 1.29 is 23.0 Å². The summed E-state index contributed by atoms with van der Waals surface area (Å²) >= 11 is 0. The summed E-state index contributed by atoms with van der Waals surface area (Å²) in [5.41, 5.74) is -0.0128. The standard InChI is InChI=1S/C12H8F2N2O3/c1-18-12(17)8-4-5-15-16-11(8)19-10-3-2-7(13)6-9(10)14/h2-6H,1H3. The molecule has 98 valence electrons. The minimum atomic E-state index is -0.915. The van der Waals surface area contributed by atoms with Gasteiger partial charge in [0.2, 0.25) is 0 Å². The maximum atomic E-state index is 13.4. The molecule has 0 radical (unpaired) electrons. The number of carbonyl (C=O) groups is 1. The van der Waals surface area contributed by atoms with Gasteiger partial charge in [0.1, 0.15) is 11.4 Å². The number of ether oxygens (including phenoxy) is 2. The number of nitrogens with zero attached hydrogens (tertiary/aromatic N) is 2. The molecule has 0 aliphatic carbocycles. The van der Waals surface area contributed by atoms with Crippen LogP contribution in [0.2, 0.25) is 0 Å². The van der Waals surface area contributed by atoms with E-state index in [1.165, 1.54) is 19.4 Å². The van der Waals surface area contributed by atoms with E-state index < -0.39 is 17.6 Å². The normalized spacial score (nSPS) is 10.1. The molecule has 0 atom stereocenters. The molecule has 1 aromatic heterocycles. The Balaban J connectivity index is 2.35. The van der Waals surface area contributed by atoms with Crippen molar-refractivity contribution in [3.63, 3.8) is 0 Å². The molecular formula is C12H8F2N2O3. The predicted octanol–water partition coefficient (Wildman–Crippen LogP) is 2.33. The van der Waals surface area contributed by atoms with E-state index in [2.05, 4.69) is 14.9 Å². The Morgan fingerprint density at radius 2 is 2.05 bits per heavy atom. The number of halogens is 2. The van der Waals surface area contributed by atoms with Gasteiger partial charge in [0, 0.05) is 6.07 Å². The zero-order chi connectivity index (χ0) is 13.8. The van der Waals surface area contributed by atoms with Gasteiger partial charge in [-0.05, 0) is 18.2 Å². The van der Waals surface area contributed by atoms with Crippen LogP contribution in [0.4, 0.5) is 8.78 Å². The van der Waals surface area contributed by atoms with Crippen molar-refractivity contribution in [2.75, 3.05) is 7.11 Å². The zero-order valence-corrected chi connectivity index (χ0v) is 9.76. The zero-order valence-electron chi connectivity index (χ0n) is 9.76. The molecule has 0 fully saturated rings. The summed E-state index contributed by atoms with van der Waals surface area (Å²) < 4.78 is 35.8. The SMILES string of the molecule is COC(=O)c1ccnnc1Oc1ccc(F)cc1F. The van der Waals surface area contributed by atoms with Crippen LogP contribution in [-0.2, 0) is 4.74 Å². The lowest BCUT2D eigenvalue weighted by molar-refractivity contribution is 0.0596. The third-order valence-corrected chi connectivity index (χ3v) is 2.19. The Kier molecular flexibility index (Phi) is 3.65. The summed E-state index contributed by atoms with van der Waals surface area (Å²) in [4.78, 5) is 11.4. The predicted molar refractivity (Wildman–Crippen MR) is 59.8 cm³/mol. The highest BCUT2D eigenvalue weighted by molar-refractivity contribution is 5.91. The smallest absolute Gasteiger partial charge is 0.343 e. The van der Waals surface area contributed by atoms with E-state index in [1.54, 1.807) is 0 Å². The number of methoxy groups -OCH3 is 1. The molecule has 0 aliphatic rings. The van der Waals surface area contributed by atoms with Crippen LogP contribution in [0.15, 0.2) is 30.5 Å². The van der Waals surface area contributed by atoms with Crippen LogP contribution >= 0.6 is 0 Å². The maximum absolute atomic E-state index is 13.4. The number of aromatic nitrogens is 2. The highest BCUT2D eigenvalue weighted by Crippen LogP contribution is 2.25. The van der Waals surface area contributed by atoms with Crippen molar-refractivity contribution in [3.8, 4) is 11.6 Å². The first-order chi connectivity index (χ1) is 9.11. The number of benzene rings is 1. The molecule has 0 unspecified atom stereocenters.